The van der Waals surface area contributed by atoms with E-state index in [1.807, 2.05) is 29.1 Å². The second-order valence-electron chi connectivity index (χ2n) is 4.80. The molecule has 0 aliphatic rings. The van der Waals surface area contributed by atoms with E-state index >= 15 is 0 Å². The average Bonchev–Trinajstić information content (AvgIpc) is 2.93. The zero-order valence-corrected chi connectivity index (χ0v) is 12.5. The van der Waals surface area contributed by atoms with E-state index < -0.39 is 0 Å². The summed E-state index contributed by atoms with van der Waals surface area (Å²) in [4.78, 5) is 0. The Morgan fingerprint density at radius 2 is 2.10 bits per heavy atom. The molecule has 1 atom stereocenters. The second-order valence-corrected chi connectivity index (χ2v) is 4.80. The molecule has 0 bridgehead atoms. The van der Waals surface area contributed by atoms with E-state index in [1.54, 1.807) is 7.11 Å². The van der Waals surface area contributed by atoms with Gasteiger partial charge in [-0.2, -0.15) is 5.10 Å². The summed E-state index contributed by atoms with van der Waals surface area (Å²) >= 11 is 0. The minimum Gasteiger partial charge on any atom is -0.496 e. The molecule has 0 amide bonds. The number of hydrogen-bond acceptors (Lipinski definition) is 3. The van der Waals surface area contributed by atoms with Crippen LogP contribution in [0, 0.1) is 0 Å². The Morgan fingerprint density at radius 3 is 2.80 bits per heavy atom. The fourth-order valence-electron chi connectivity index (χ4n) is 2.40. The maximum absolute atomic E-state index is 5.38. The van der Waals surface area contributed by atoms with Crippen molar-refractivity contribution < 1.29 is 4.74 Å². The van der Waals surface area contributed by atoms with Crippen LogP contribution in [0.15, 0.2) is 36.7 Å². The maximum Gasteiger partial charge on any atom is 0.123 e. The molecule has 108 valence electrons. The van der Waals surface area contributed by atoms with Crippen molar-refractivity contribution in [1.82, 2.24) is 15.1 Å². The van der Waals surface area contributed by atoms with E-state index in [4.69, 9.17) is 4.74 Å². The number of rotatable bonds is 7. The standard InChI is InChI=1S/C16H23N3O/c1-4-15(17-5-2)14-10-18-19(12-14)11-13-8-6-7-9-16(13)20-3/h6-10,12,15,17H,4-5,11H2,1-3H3. The lowest BCUT2D eigenvalue weighted by Gasteiger charge is -2.13. The van der Waals surface area contributed by atoms with Crippen molar-refractivity contribution in [2.45, 2.75) is 32.9 Å². The molecule has 0 spiro atoms. The number of nitrogens with one attached hydrogen (secondary N) is 1. The van der Waals surface area contributed by atoms with Crippen LogP contribution in [-0.4, -0.2) is 23.4 Å². The fourth-order valence-corrected chi connectivity index (χ4v) is 2.40. The molecule has 1 N–H and O–H groups in total. The number of ether oxygens (including phenoxy) is 1. The third-order valence-electron chi connectivity index (χ3n) is 3.44. The Kier molecular flexibility index (Phi) is 5.18. The highest BCUT2D eigenvalue weighted by molar-refractivity contribution is 5.33. The topological polar surface area (TPSA) is 39.1 Å². The van der Waals surface area contributed by atoms with Crippen LogP contribution in [0.1, 0.15) is 37.4 Å². The third-order valence-corrected chi connectivity index (χ3v) is 3.44. The molecule has 0 saturated carbocycles. The van der Waals surface area contributed by atoms with E-state index in [-0.39, 0.29) is 0 Å². The van der Waals surface area contributed by atoms with Gasteiger partial charge in [0.1, 0.15) is 5.75 Å². The molecule has 0 aliphatic carbocycles. The van der Waals surface area contributed by atoms with Gasteiger partial charge in [0.25, 0.3) is 0 Å². The third kappa shape index (κ3) is 3.39. The number of nitrogens with zero attached hydrogens (tertiary/aromatic N) is 2. The van der Waals surface area contributed by atoms with Crippen molar-refractivity contribution >= 4 is 0 Å². The second kappa shape index (κ2) is 7.10. The number of aromatic nitrogens is 2. The highest BCUT2D eigenvalue weighted by Crippen LogP contribution is 2.20. The SMILES string of the molecule is CCNC(CC)c1cnn(Cc2ccccc2OC)c1. The van der Waals surface area contributed by atoms with Crippen molar-refractivity contribution in [1.29, 1.82) is 0 Å². The molecule has 2 rings (SSSR count). The lowest BCUT2D eigenvalue weighted by Crippen LogP contribution is -2.19. The first-order valence-electron chi connectivity index (χ1n) is 7.16. The zero-order valence-electron chi connectivity index (χ0n) is 12.5. The van der Waals surface area contributed by atoms with Gasteiger partial charge in [0.15, 0.2) is 0 Å². The van der Waals surface area contributed by atoms with Crippen LogP contribution < -0.4 is 10.1 Å². The summed E-state index contributed by atoms with van der Waals surface area (Å²) in [6.45, 7) is 6.01. The first-order chi connectivity index (χ1) is 9.78. The van der Waals surface area contributed by atoms with E-state index in [0.29, 0.717) is 6.04 Å². The monoisotopic (exact) mass is 273 g/mol. The molecule has 4 heteroatoms. The summed E-state index contributed by atoms with van der Waals surface area (Å²) in [5.41, 5.74) is 2.38. The molecule has 1 aromatic heterocycles. The molecule has 0 saturated heterocycles. The van der Waals surface area contributed by atoms with Gasteiger partial charge in [-0.25, -0.2) is 0 Å². The van der Waals surface area contributed by atoms with Crippen LogP contribution in [-0.2, 0) is 6.54 Å². The Bertz CT molecular complexity index is 536. The molecule has 1 heterocycles. The van der Waals surface area contributed by atoms with Gasteiger partial charge < -0.3 is 10.1 Å². The van der Waals surface area contributed by atoms with E-state index in [2.05, 4.69) is 36.5 Å². The van der Waals surface area contributed by atoms with Crippen LogP contribution in [0.4, 0.5) is 0 Å². The average molecular weight is 273 g/mol. The minimum absolute atomic E-state index is 0.381. The predicted octanol–water partition coefficient (Wildman–Crippen LogP) is 3.00. The first kappa shape index (κ1) is 14.6. The Labute approximate surface area is 120 Å². The van der Waals surface area contributed by atoms with Gasteiger partial charge in [-0.15, -0.1) is 0 Å². The van der Waals surface area contributed by atoms with E-state index in [1.165, 1.54) is 5.56 Å². The van der Waals surface area contributed by atoms with Gasteiger partial charge in [0.05, 0.1) is 19.9 Å². The van der Waals surface area contributed by atoms with Crippen molar-refractivity contribution in [3.8, 4) is 5.75 Å². The van der Waals surface area contributed by atoms with Crippen LogP contribution in [0.5, 0.6) is 5.75 Å². The Hall–Kier alpha value is -1.81. The summed E-state index contributed by atoms with van der Waals surface area (Å²) < 4.78 is 7.34. The number of hydrogen-bond donors (Lipinski definition) is 1. The van der Waals surface area contributed by atoms with Gasteiger partial charge in [0, 0.05) is 23.4 Å². The Balaban J connectivity index is 2.13. The van der Waals surface area contributed by atoms with Gasteiger partial charge in [-0.05, 0) is 19.0 Å². The van der Waals surface area contributed by atoms with Crippen molar-refractivity contribution in [2.75, 3.05) is 13.7 Å². The van der Waals surface area contributed by atoms with Crippen molar-refractivity contribution in [2.24, 2.45) is 0 Å². The van der Waals surface area contributed by atoms with Gasteiger partial charge >= 0.3 is 0 Å². The molecule has 0 fully saturated rings. The molecular weight excluding hydrogens is 250 g/mol. The fraction of sp³-hybridized carbons (Fsp3) is 0.438. The smallest absolute Gasteiger partial charge is 0.123 e. The van der Waals surface area contributed by atoms with Crippen LogP contribution in [0.2, 0.25) is 0 Å². The molecule has 0 radical (unpaired) electrons. The quantitative estimate of drug-likeness (QED) is 0.843. The molecule has 0 aliphatic heterocycles. The molecule has 1 aromatic carbocycles. The normalized spacial score (nSPS) is 12.3. The lowest BCUT2D eigenvalue weighted by molar-refractivity contribution is 0.407. The van der Waals surface area contributed by atoms with Gasteiger partial charge in [0.2, 0.25) is 0 Å². The van der Waals surface area contributed by atoms with Crippen molar-refractivity contribution in [3.63, 3.8) is 0 Å². The summed E-state index contributed by atoms with van der Waals surface area (Å²) in [7, 11) is 1.70. The summed E-state index contributed by atoms with van der Waals surface area (Å²) in [5, 5.41) is 7.93. The number of benzene rings is 1. The van der Waals surface area contributed by atoms with E-state index in [9.17, 15) is 0 Å². The van der Waals surface area contributed by atoms with Crippen LogP contribution in [0.25, 0.3) is 0 Å². The van der Waals surface area contributed by atoms with Gasteiger partial charge in [-0.3, -0.25) is 4.68 Å². The van der Waals surface area contributed by atoms with Crippen LogP contribution >= 0.6 is 0 Å². The Morgan fingerprint density at radius 1 is 1.30 bits per heavy atom. The summed E-state index contributed by atoms with van der Waals surface area (Å²) in [5.74, 6) is 0.906. The highest BCUT2D eigenvalue weighted by Gasteiger charge is 2.11. The van der Waals surface area contributed by atoms with Crippen LogP contribution in [0.3, 0.4) is 0 Å². The molecular formula is C16H23N3O. The lowest BCUT2D eigenvalue weighted by atomic mass is 10.1. The van der Waals surface area contributed by atoms with Gasteiger partial charge in [-0.1, -0.05) is 32.0 Å². The number of methoxy groups -OCH3 is 1. The summed E-state index contributed by atoms with van der Waals surface area (Å²) in [6, 6.07) is 8.44. The molecule has 20 heavy (non-hydrogen) atoms. The van der Waals surface area contributed by atoms with E-state index in [0.717, 1.165) is 30.8 Å². The minimum atomic E-state index is 0.381. The molecule has 2 aromatic rings. The first-order valence-corrected chi connectivity index (χ1v) is 7.16. The highest BCUT2D eigenvalue weighted by atomic mass is 16.5. The zero-order chi connectivity index (χ0) is 14.4. The maximum atomic E-state index is 5.38. The van der Waals surface area contributed by atoms with Crippen molar-refractivity contribution in [3.05, 3.63) is 47.8 Å². The molecule has 4 nitrogen and oxygen atoms in total. The summed E-state index contributed by atoms with van der Waals surface area (Å²) in [6.07, 6.45) is 5.13. The molecule has 1 unspecified atom stereocenters. The predicted molar refractivity (Wildman–Crippen MR) is 81.0 cm³/mol. The largest absolute Gasteiger partial charge is 0.496 e. The number of para-hydroxylation sites is 1.